The van der Waals surface area contributed by atoms with Gasteiger partial charge in [0, 0.05) is 24.5 Å². The molecule has 1 heterocycles. The molecule has 1 aromatic carbocycles. The predicted octanol–water partition coefficient (Wildman–Crippen LogP) is 2.83. The van der Waals surface area contributed by atoms with Crippen LogP contribution in [-0.2, 0) is 6.54 Å². The zero-order valence-electron chi connectivity index (χ0n) is 11.0. The molecule has 0 fully saturated rings. The SMILES string of the molecule is COc1c(C)cc(-c2cncc(CN)c2)cc1C. The molecule has 1 aromatic heterocycles. The molecule has 0 atom stereocenters. The molecule has 0 radical (unpaired) electrons. The minimum absolute atomic E-state index is 0.509. The summed E-state index contributed by atoms with van der Waals surface area (Å²) in [5, 5.41) is 0. The Balaban J connectivity index is 2.51. The largest absolute Gasteiger partial charge is 0.496 e. The highest BCUT2D eigenvalue weighted by molar-refractivity contribution is 5.67. The molecular formula is C15H18N2O. The molecule has 2 rings (SSSR count). The molecule has 2 aromatic rings. The van der Waals surface area contributed by atoms with Crippen LogP contribution in [0.25, 0.3) is 11.1 Å². The van der Waals surface area contributed by atoms with Crippen LogP contribution >= 0.6 is 0 Å². The van der Waals surface area contributed by atoms with Crippen LogP contribution in [0.3, 0.4) is 0 Å². The average Bonchev–Trinajstić information content (AvgIpc) is 2.38. The van der Waals surface area contributed by atoms with E-state index in [4.69, 9.17) is 10.5 Å². The molecule has 3 nitrogen and oxygen atoms in total. The summed E-state index contributed by atoms with van der Waals surface area (Å²) in [4.78, 5) is 4.22. The van der Waals surface area contributed by atoms with Crippen LogP contribution in [0, 0.1) is 13.8 Å². The first-order valence-corrected chi connectivity index (χ1v) is 5.95. The van der Waals surface area contributed by atoms with Gasteiger partial charge in [-0.15, -0.1) is 0 Å². The molecule has 94 valence electrons. The maximum atomic E-state index is 5.64. The fourth-order valence-electron chi connectivity index (χ4n) is 2.20. The lowest BCUT2D eigenvalue weighted by atomic mass is 10.00. The van der Waals surface area contributed by atoms with Crippen molar-refractivity contribution in [3.05, 3.63) is 47.3 Å². The lowest BCUT2D eigenvalue weighted by molar-refractivity contribution is 0.408. The van der Waals surface area contributed by atoms with Crippen molar-refractivity contribution < 1.29 is 4.74 Å². The summed E-state index contributed by atoms with van der Waals surface area (Å²) >= 11 is 0. The number of aromatic nitrogens is 1. The number of nitrogens with zero attached hydrogens (tertiary/aromatic N) is 1. The van der Waals surface area contributed by atoms with E-state index in [-0.39, 0.29) is 0 Å². The minimum atomic E-state index is 0.509. The monoisotopic (exact) mass is 242 g/mol. The number of rotatable bonds is 3. The van der Waals surface area contributed by atoms with E-state index in [9.17, 15) is 0 Å². The summed E-state index contributed by atoms with van der Waals surface area (Å²) in [6.45, 7) is 4.61. The van der Waals surface area contributed by atoms with Crippen molar-refractivity contribution in [3.63, 3.8) is 0 Å². The van der Waals surface area contributed by atoms with Gasteiger partial charge in [0.25, 0.3) is 0 Å². The molecule has 3 heteroatoms. The van der Waals surface area contributed by atoms with E-state index in [1.165, 1.54) is 0 Å². The Hall–Kier alpha value is -1.87. The summed E-state index contributed by atoms with van der Waals surface area (Å²) in [6, 6.07) is 6.31. The minimum Gasteiger partial charge on any atom is -0.496 e. The zero-order chi connectivity index (χ0) is 13.1. The Morgan fingerprint density at radius 3 is 2.28 bits per heavy atom. The van der Waals surface area contributed by atoms with E-state index in [0.29, 0.717) is 6.54 Å². The molecular weight excluding hydrogens is 224 g/mol. The molecule has 2 N–H and O–H groups in total. The van der Waals surface area contributed by atoms with E-state index >= 15 is 0 Å². The third-order valence-corrected chi connectivity index (χ3v) is 3.03. The van der Waals surface area contributed by atoms with E-state index in [0.717, 1.165) is 33.6 Å². The van der Waals surface area contributed by atoms with E-state index in [2.05, 4.69) is 37.0 Å². The number of benzene rings is 1. The Bertz CT molecular complexity index is 541. The smallest absolute Gasteiger partial charge is 0.124 e. The number of ether oxygens (including phenoxy) is 1. The van der Waals surface area contributed by atoms with Crippen LogP contribution in [0.15, 0.2) is 30.6 Å². The van der Waals surface area contributed by atoms with Gasteiger partial charge in [0.1, 0.15) is 5.75 Å². The van der Waals surface area contributed by atoms with E-state index in [1.54, 1.807) is 13.3 Å². The average molecular weight is 242 g/mol. The van der Waals surface area contributed by atoms with Gasteiger partial charge in [0.2, 0.25) is 0 Å². The van der Waals surface area contributed by atoms with E-state index < -0.39 is 0 Å². The molecule has 0 saturated heterocycles. The van der Waals surface area contributed by atoms with Gasteiger partial charge in [-0.3, -0.25) is 4.98 Å². The number of aryl methyl sites for hydroxylation is 2. The highest BCUT2D eigenvalue weighted by Gasteiger charge is 2.07. The number of hydrogen-bond donors (Lipinski definition) is 1. The Labute approximate surface area is 108 Å². The van der Waals surface area contributed by atoms with Crippen molar-refractivity contribution in [3.8, 4) is 16.9 Å². The topological polar surface area (TPSA) is 48.1 Å². The lowest BCUT2D eigenvalue weighted by Gasteiger charge is -2.11. The van der Waals surface area contributed by atoms with Gasteiger partial charge in [-0.1, -0.05) is 0 Å². The summed E-state index contributed by atoms with van der Waals surface area (Å²) in [6.07, 6.45) is 3.66. The van der Waals surface area contributed by atoms with Crippen LogP contribution in [0.2, 0.25) is 0 Å². The Kier molecular flexibility index (Phi) is 3.63. The molecule has 0 bridgehead atoms. The fraction of sp³-hybridized carbons (Fsp3) is 0.267. The Morgan fingerprint density at radius 2 is 1.72 bits per heavy atom. The number of nitrogens with two attached hydrogens (primary N) is 1. The first-order valence-electron chi connectivity index (χ1n) is 5.95. The normalized spacial score (nSPS) is 10.4. The third kappa shape index (κ3) is 2.36. The standard InChI is InChI=1S/C15H18N2O/c1-10-4-13(5-11(2)15(10)18-3)14-6-12(7-16)8-17-9-14/h4-6,8-9H,7,16H2,1-3H3. The van der Waals surface area contributed by atoms with Crippen molar-refractivity contribution >= 4 is 0 Å². The summed E-state index contributed by atoms with van der Waals surface area (Å²) < 4.78 is 5.38. The molecule has 18 heavy (non-hydrogen) atoms. The van der Waals surface area contributed by atoms with Crippen molar-refractivity contribution in [1.82, 2.24) is 4.98 Å². The quantitative estimate of drug-likeness (QED) is 0.900. The second kappa shape index (κ2) is 5.19. The first-order chi connectivity index (χ1) is 8.65. The van der Waals surface area contributed by atoms with Crippen LogP contribution in [0.5, 0.6) is 5.75 Å². The van der Waals surface area contributed by atoms with Crippen molar-refractivity contribution in [1.29, 1.82) is 0 Å². The zero-order valence-corrected chi connectivity index (χ0v) is 11.0. The van der Waals surface area contributed by atoms with Gasteiger partial charge in [-0.2, -0.15) is 0 Å². The molecule has 0 aliphatic heterocycles. The number of hydrogen-bond acceptors (Lipinski definition) is 3. The van der Waals surface area contributed by atoms with Gasteiger partial charge in [0.15, 0.2) is 0 Å². The molecule has 0 amide bonds. The molecule has 0 saturated carbocycles. The highest BCUT2D eigenvalue weighted by atomic mass is 16.5. The van der Waals surface area contributed by atoms with Gasteiger partial charge in [0.05, 0.1) is 7.11 Å². The number of pyridine rings is 1. The first kappa shape index (κ1) is 12.6. The highest BCUT2D eigenvalue weighted by Crippen LogP contribution is 2.29. The molecule has 0 aliphatic rings. The second-order valence-corrected chi connectivity index (χ2v) is 4.43. The Morgan fingerprint density at radius 1 is 1.06 bits per heavy atom. The second-order valence-electron chi connectivity index (χ2n) is 4.43. The summed E-state index contributed by atoms with van der Waals surface area (Å²) in [7, 11) is 1.70. The summed E-state index contributed by atoms with van der Waals surface area (Å²) in [5.74, 6) is 0.946. The molecule has 0 aliphatic carbocycles. The summed E-state index contributed by atoms with van der Waals surface area (Å²) in [5.41, 5.74) is 11.2. The van der Waals surface area contributed by atoms with Crippen LogP contribution < -0.4 is 10.5 Å². The van der Waals surface area contributed by atoms with Crippen molar-refractivity contribution in [2.75, 3.05) is 7.11 Å². The van der Waals surface area contributed by atoms with Gasteiger partial charge in [-0.25, -0.2) is 0 Å². The van der Waals surface area contributed by atoms with E-state index in [1.807, 2.05) is 6.20 Å². The molecule has 0 unspecified atom stereocenters. The van der Waals surface area contributed by atoms with Crippen LogP contribution in [-0.4, -0.2) is 12.1 Å². The fourth-order valence-corrected chi connectivity index (χ4v) is 2.20. The predicted molar refractivity (Wildman–Crippen MR) is 73.6 cm³/mol. The molecule has 0 spiro atoms. The van der Waals surface area contributed by atoms with Gasteiger partial charge < -0.3 is 10.5 Å². The third-order valence-electron chi connectivity index (χ3n) is 3.03. The van der Waals surface area contributed by atoms with Crippen LogP contribution in [0.1, 0.15) is 16.7 Å². The van der Waals surface area contributed by atoms with Gasteiger partial charge in [-0.05, 0) is 54.3 Å². The van der Waals surface area contributed by atoms with Crippen LogP contribution in [0.4, 0.5) is 0 Å². The number of methoxy groups -OCH3 is 1. The van der Waals surface area contributed by atoms with Crippen molar-refractivity contribution in [2.24, 2.45) is 5.73 Å². The van der Waals surface area contributed by atoms with Gasteiger partial charge >= 0.3 is 0 Å². The maximum absolute atomic E-state index is 5.64. The maximum Gasteiger partial charge on any atom is 0.124 e. The van der Waals surface area contributed by atoms with Crippen molar-refractivity contribution in [2.45, 2.75) is 20.4 Å². The lowest BCUT2D eigenvalue weighted by Crippen LogP contribution is -1.97.